The van der Waals surface area contributed by atoms with Crippen LogP contribution in [0.5, 0.6) is 0 Å². The molecule has 0 saturated heterocycles. The normalized spacial score (nSPS) is 17.9. The Balaban J connectivity index is 0.000000204. The number of carbonyl (C=O) groups is 2. The predicted molar refractivity (Wildman–Crippen MR) is 203 cm³/mol. The third kappa shape index (κ3) is 6.56. The van der Waals surface area contributed by atoms with Gasteiger partial charge in [0.2, 0.25) is 0 Å². The molecule has 2 aliphatic rings. The summed E-state index contributed by atoms with van der Waals surface area (Å²) < 4.78 is 2.77. The molecule has 260 valence electrons. The molecule has 0 fully saturated rings. The molecule has 0 radical (unpaired) electrons. The van der Waals surface area contributed by atoms with E-state index in [-0.39, 0.29) is 5.78 Å². The van der Waals surface area contributed by atoms with Gasteiger partial charge in [-0.05, 0) is 123 Å². The number of aromatic nitrogens is 2. The van der Waals surface area contributed by atoms with Gasteiger partial charge < -0.3 is 25.0 Å². The summed E-state index contributed by atoms with van der Waals surface area (Å²) in [6.45, 7) is 22.3. The molecule has 0 bridgehead atoms. The second-order valence-electron chi connectivity index (χ2n) is 15.0. The summed E-state index contributed by atoms with van der Waals surface area (Å²) in [5, 5.41) is 19.2. The van der Waals surface area contributed by atoms with Crippen molar-refractivity contribution >= 4 is 41.8 Å². The first-order valence-corrected chi connectivity index (χ1v) is 20.5. The maximum atomic E-state index is 11.7. The van der Waals surface area contributed by atoms with Crippen molar-refractivity contribution in [2.75, 3.05) is 13.1 Å². The Morgan fingerprint density at radius 1 is 0.833 bits per heavy atom. The van der Waals surface area contributed by atoms with Gasteiger partial charge in [0.15, 0.2) is 14.0 Å². The highest BCUT2D eigenvalue weighted by Gasteiger charge is 2.48. The summed E-state index contributed by atoms with van der Waals surface area (Å²) in [6.07, 6.45) is 6.57. The van der Waals surface area contributed by atoms with Crippen LogP contribution in [-0.2, 0) is 25.7 Å². The van der Waals surface area contributed by atoms with Crippen molar-refractivity contribution in [3.63, 3.8) is 0 Å². The summed E-state index contributed by atoms with van der Waals surface area (Å²) in [7, 11) is -1.93. The van der Waals surface area contributed by atoms with Crippen molar-refractivity contribution in [1.82, 2.24) is 19.9 Å². The van der Waals surface area contributed by atoms with Crippen LogP contribution in [0.2, 0.25) is 16.6 Å². The summed E-state index contributed by atoms with van der Waals surface area (Å²) in [5.41, 5.74) is 11.1. The third-order valence-corrected chi connectivity index (χ3v) is 18.2. The van der Waals surface area contributed by atoms with Crippen molar-refractivity contribution in [3.8, 4) is 0 Å². The van der Waals surface area contributed by atoms with Crippen LogP contribution in [0.1, 0.15) is 118 Å². The number of carboxylic acid groups (broad SMARTS) is 1. The number of nitrogens with one attached hydrogen (secondary N) is 3. The van der Waals surface area contributed by atoms with E-state index in [9.17, 15) is 14.7 Å². The topological polar surface area (TPSA) is 99.2 Å². The highest BCUT2D eigenvalue weighted by molar-refractivity contribution is 6.82. The number of hydrogen-bond acceptors (Lipinski definition) is 4. The summed E-state index contributed by atoms with van der Waals surface area (Å²) >= 11 is 0. The van der Waals surface area contributed by atoms with Gasteiger partial charge in [0.1, 0.15) is 0 Å². The molecule has 0 saturated carbocycles. The number of hydrogen-bond donors (Lipinski definition) is 4. The zero-order valence-corrected chi connectivity index (χ0v) is 31.7. The van der Waals surface area contributed by atoms with E-state index in [1.165, 1.54) is 45.2 Å². The molecule has 8 heteroatoms. The lowest BCUT2D eigenvalue weighted by Gasteiger charge is -2.46. The van der Waals surface area contributed by atoms with Crippen LogP contribution in [0, 0.1) is 0 Å². The molecule has 48 heavy (non-hydrogen) atoms. The molecule has 0 amide bonds. The number of nitrogens with zero attached hydrogens (tertiary/aromatic N) is 1. The molecule has 2 atom stereocenters. The average molecular weight is 671 g/mol. The number of aromatic carboxylic acids is 1. The number of aromatic amines is 1. The number of fused-ring (bicyclic) bond motifs is 6. The lowest BCUT2D eigenvalue weighted by Crippen LogP contribution is -2.53. The molecule has 2 heterocycles. The van der Waals surface area contributed by atoms with E-state index in [1.54, 1.807) is 13.0 Å². The first kappa shape index (κ1) is 36.1. The first-order valence-electron chi connectivity index (χ1n) is 18.4. The largest absolute Gasteiger partial charge is 0.478 e. The van der Waals surface area contributed by atoms with Gasteiger partial charge in [-0.25, -0.2) is 4.79 Å². The fourth-order valence-electron chi connectivity index (χ4n) is 9.47. The number of H-pyrrole nitrogens is 1. The fraction of sp³-hybridized carbons (Fsp3) is 0.550. The van der Waals surface area contributed by atoms with E-state index in [2.05, 4.69) is 81.3 Å². The number of benzene rings is 2. The first-order chi connectivity index (χ1) is 22.8. The fourth-order valence-corrected chi connectivity index (χ4v) is 16.3. The van der Waals surface area contributed by atoms with E-state index in [1.807, 2.05) is 24.3 Å². The minimum Gasteiger partial charge on any atom is -0.478 e. The van der Waals surface area contributed by atoms with E-state index in [0.29, 0.717) is 34.3 Å². The molecule has 0 spiro atoms. The van der Waals surface area contributed by atoms with Crippen LogP contribution in [0.15, 0.2) is 36.4 Å². The molecule has 0 aliphatic heterocycles. The van der Waals surface area contributed by atoms with Gasteiger partial charge in [0.05, 0.1) is 5.56 Å². The summed E-state index contributed by atoms with van der Waals surface area (Å²) in [5.74, 6) is -0.705. The molecular weight excluding hydrogens is 613 g/mol. The number of carbonyl (C=O) groups excluding carboxylic acids is 1. The van der Waals surface area contributed by atoms with Gasteiger partial charge in [0, 0.05) is 50.8 Å². The zero-order chi connectivity index (χ0) is 34.9. The number of carboxylic acids is 1. The highest BCUT2D eigenvalue weighted by Crippen LogP contribution is 2.47. The molecular formula is C40H58N4O3Si. The Hall–Kier alpha value is -3.20. The molecule has 7 nitrogen and oxygen atoms in total. The van der Waals surface area contributed by atoms with E-state index in [4.69, 9.17) is 0 Å². The SMILES string of the molecule is CCNC1CCc2[nH]c3ccc(C(C)=O)cc3c2C1.CCNC1CCc2c(c3cc(C(=O)O)ccc3n2[Si](C(C)C)(C(C)C)C(C)C)C1. The Bertz CT molecular complexity index is 1760. The van der Waals surface area contributed by atoms with Crippen molar-refractivity contribution in [2.45, 2.75) is 130 Å². The minimum atomic E-state index is -1.93. The monoisotopic (exact) mass is 670 g/mol. The van der Waals surface area contributed by atoms with Gasteiger partial charge in [-0.15, -0.1) is 0 Å². The maximum Gasteiger partial charge on any atom is 0.335 e. The number of ketones is 1. The second kappa shape index (κ2) is 14.7. The van der Waals surface area contributed by atoms with Crippen LogP contribution >= 0.6 is 0 Å². The molecule has 6 rings (SSSR count). The molecule has 4 N–H and O–H groups in total. The second-order valence-corrected chi connectivity index (χ2v) is 20.7. The predicted octanol–water partition coefficient (Wildman–Crippen LogP) is 8.67. The molecule has 2 aliphatic carbocycles. The van der Waals surface area contributed by atoms with Crippen molar-refractivity contribution in [3.05, 3.63) is 70.0 Å². The highest BCUT2D eigenvalue weighted by atomic mass is 28.3. The van der Waals surface area contributed by atoms with E-state index >= 15 is 0 Å². The summed E-state index contributed by atoms with van der Waals surface area (Å²) in [6, 6.07) is 12.9. The Kier molecular flexibility index (Phi) is 11.1. The van der Waals surface area contributed by atoms with Gasteiger partial charge in [0.25, 0.3) is 0 Å². The smallest absolute Gasteiger partial charge is 0.335 e. The van der Waals surface area contributed by atoms with E-state index in [0.717, 1.165) is 56.3 Å². The van der Waals surface area contributed by atoms with Crippen LogP contribution in [0.25, 0.3) is 21.8 Å². The van der Waals surface area contributed by atoms with Crippen molar-refractivity contribution in [1.29, 1.82) is 0 Å². The number of aryl methyl sites for hydroxylation is 1. The van der Waals surface area contributed by atoms with Crippen molar-refractivity contribution < 1.29 is 14.7 Å². The van der Waals surface area contributed by atoms with Gasteiger partial charge in [-0.2, -0.15) is 0 Å². The average Bonchev–Trinajstić information content (AvgIpc) is 3.56. The molecule has 4 aromatic rings. The Morgan fingerprint density at radius 3 is 1.96 bits per heavy atom. The molecule has 2 aromatic heterocycles. The third-order valence-electron chi connectivity index (χ3n) is 11.3. The van der Waals surface area contributed by atoms with Gasteiger partial charge in [-0.3, -0.25) is 4.79 Å². The zero-order valence-electron chi connectivity index (χ0n) is 30.7. The van der Waals surface area contributed by atoms with Crippen LogP contribution in [0.4, 0.5) is 0 Å². The number of rotatable bonds is 10. The van der Waals surface area contributed by atoms with Crippen molar-refractivity contribution in [2.24, 2.45) is 0 Å². The van der Waals surface area contributed by atoms with E-state index < -0.39 is 14.2 Å². The van der Waals surface area contributed by atoms with Crippen LogP contribution in [-0.4, -0.2) is 59.5 Å². The number of likely N-dealkylation sites (N-methyl/N-ethyl adjacent to an activating group) is 2. The number of Topliss-reactive ketones (excluding diaryl/α,β-unsaturated/α-hetero) is 1. The quantitative estimate of drug-likeness (QED) is 0.100. The lowest BCUT2D eigenvalue weighted by atomic mass is 9.91. The Labute approximate surface area is 288 Å². The molecule has 2 aromatic carbocycles. The molecule has 2 unspecified atom stereocenters. The summed E-state index contributed by atoms with van der Waals surface area (Å²) in [4.78, 5) is 26.7. The maximum absolute atomic E-state index is 11.7. The van der Waals surface area contributed by atoms with Crippen LogP contribution in [0.3, 0.4) is 0 Å². The van der Waals surface area contributed by atoms with Gasteiger partial charge in [-0.1, -0.05) is 55.4 Å². The lowest BCUT2D eigenvalue weighted by molar-refractivity contribution is 0.0696. The van der Waals surface area contributed by atoms with Gasteiger partial charge >= 0.3 is 5.97 Å². The Morgan fingerprint density at radius 2 is 1.40 bits per heavy atom. The standard InChI is InChI=1S/C24H38N2O2Si.C16H20N2O/c1-8-25-19-10-12-23-21(14-19)20-13-18(24(27)28)9-11-22(20)26(23)29(15(2)3,16(4)5)17(6)7;1-3-17-12-5-7-16-14(9-12)13-8-11(10(2)19)4-6-15(13)18-16/h9,11,13,15-17,19,25H,8,10,12,14H2,1-7H3,(H,27,28);4,6,8,12,17-18H,3,5,7,9H2,1-2H3. The van der Waals surface area contributed by atoms with Crippen LogP contribution < -0.4 is 10.6 Å². The minimum absolute atomic E-state index is 0.135.